The Balaban J connectivity index is 1.58. The maximum atomic E-state index is 5.57. The lowest BCUT2D eigenvalue weighted by Gasteiger charge is -2.11. The molecule has 1 aromatic rings. The van der Waals surface area contributed by atoms with Gasteiger partial charge in [-0.1, -0.05) is 5.10 Å². The van der Waals surface area contributed by atoms with Crippen molar-refractivity contribution in [3.8, 4) is 0 Å². The van der Waals surface area contributed by atoms with Crippen LogP contribution in [0.3, 0.4) is 0 Å². The van der Waals surface area contributed by atoms with Crippen LogP contribution in [0.2, 0.25) is 0 Å². The average molecular weight is 208 g/mol. The maximum absolute atomic E-state index is 5.57. The minimum Gasteiger partial charge on any atom is -0.407 e. The molecule has 2 saturated carbocycles. The Morgan fingerprint density at radius 3 is 2.80 bits per heavy atom. The average Bonchev–Trinajstić information content (AvgIpc) is 3.13. The fourth-order valence-corrected chi connectivity index (χ4v) is 1.60. The van der Waals surface area contributed by atoms with E-state index in [0.717, 1.165) is 0 Å². The standard InChI is InChI=1S/C10H16N4O/c1-14(8-4-5-8)10-13-12-9(15-10)6-11-7-2-3-7/h7-8,11H,2-6H2,1H3. The molecule has 5 nitrogen and oxygen atoms in total. The summed E-state index contributed by atoms with van der Waals surface area (Å²) in [7, 11) is 2.02. The molecule has 82 valence electrons. The molecule has 0 aromatic carbocycles. The fraction of sp³-hybridized carbons (Fsp3) is 0.800. The molecule has 0 radical (unpaired) electrons. The first-order valence-electron chi connectivity index (χ1n) is 5.61. The number of anilines is 1. The zero-order valence-corrected chi connectivity index (χ0v) is 8.94. The molecule has 0 saturated heterocycles. The Kier molecular flexibility index (Phi) is 2.12. The van der Waals surface area contributed by atoms with Crippen molar-refractivity contribution in [2.75, 3.05) is 11.9 Å². The molecular formula is C10H16N4O. The maximum Gasteiger partial charge on any atom is 0.318 e. The van der Waals surface area contributed by atoms with Crippen LogP contribution in [-0.2, 0) is 6.54 Å². The van der Waals surface area contributed by atoms with Crippen LogP contribution in [0.1, 0.15) is 31.6 Å². The Labute approximate surface area is 88.9 Å². The van der Waals surface area contributed by atoms with Crippen molar-refractivity contribution in [2.45, 2.75) is 44.3 Å². The summed E-state index contributed by atoms with van der Waals surface area (Å²) in [6, 6.07) is 1.96. The van der Waals surface area contributed by atoms with E-state index < -0.39 is 0 Å². The van der Waals surface area contributed by atoms with Gasteiger partial charge in [0.1, 0.15) is 0 Å². The van der Waals surface area contributed by atoms with Crippen molar-refractivity contribution in [3.05, 3.63) is 5.89 Å². The van der Waals surface area contributed by atoms with Gasteiger partial charge < -0.3 is 14.6 Å². The number of aromatic nitrogens is 2. The topological polar surface area (TPSA) is 54.2 Å². The van der Waals surface area contributed by atoms with Gasteiger partial charge in [0.2, 0.25) is 5.89 Å². The lowest BCUT2D eigenvalue weighted by molar-refractivity contribution is 0.464. The molecule has 5 heteroatoms. The van der Waals surface area contributed by atoms with Crippen LogP contribution in [-0.4, -0.2) is 29.3 Å². The predicted octanol–water partition coefficient (Wildman–Crippen LogP) is 0.920. The van der Waals surface area contributed by atoms with Crippen LogP contribution >= 0.6 is 0 Å². The molecule has 1 aromatic heterocycles. The van der Waals surface area contributed by atoms with Crippen molar-refractivity contribution in [2.24, 2.45) is 0 Å². The van der Waals surface area contributed by atoms with Crippen LogP contribution in [0.15, 0.2) is 4.42 Å². The minimum atomic E-state index is 0.620. The molecule has 0 bridgehead atoms. The molecule has 1 heterocycles. The van der Waals surface area contributed by atoms with Gasteiger partial charge in [-0.3, -0.25) is 0 Å². The van der Waals surface area contributed by atoms with Crippen LogP contribution in [0.5, 0.6) is 0 Å². The highest BCUT2D eigenvalue weighted by Gasteiger charge is 2.29. The molecule has 0 atom stereocenters. The summed E-state index contributed by atoms with van der Waals surface area (Å²) in [6.07, 6.45) is 5.05. The molecule has 0 amide bonds. The smallest absolute Gasteiger partial charge is 0.318 e. The van der Waals surface area contributed by atoms with Gasteiger partial charge in [0.25, 0.3) is 0 Å². The summed E-state index contributed by atoms with van der Waals surface area (Å²) in [6.45, 7) is 0.705. The second-order valence-electron chi connectivity index (χ2n) is 4.48. The highest BCUT2D eigenvalue weighted by molar-refractivity contribution is 5.27. The number of nitrogens with one attached hydrogen (secondary N) is 1. The Bertz CT molecular complexity index is 343. The molecule has 0 spiro atoms. The Morgan fingerprint density at radius 1 is 1.33 bits per heavy atom. The first-order valence-corrected chi connectivity index (χ1v) is 5.61. The second-order valence-corrected chi connectivity index (χ2v) is 4.48. The van der Waals surface area contributed by atoms with Gasteiger partial charge in [0, 0.05) is 19.1 Å². The van der Waals surface area contributed by atoms with E-state index in [4.69, 9.17) is 4.42 Å². The molecule has 2 aliphatic carbocycles. The number of hydrogen-bond acceptors (Lipinski definition) is 5. The van der Waals surface area contributed by atoms with E-state index in [1.807, 2.05) is 7.05 Å². The highest BCUT2D eigenvalue weighted by atomic mass is 16.4. The second kappa shape index (κ2) is 3.48. The Hall–Kier alpha value is -1.10. The van der Waals surface area contributed by atoms with E-state index in [-0.39, 0.29) is 0 Å². The first kappa shape index (κ1) is 9.15. The molecule has 3 rings (SSSR count). The van der Waals surface area contributed by atoms with E-state index in [0.29, 0.717) is 30.5 Å². The molecule has 0 unspecified atom stereocenters. The van der Waals surface area contributed by atoms with E-state index in [1.165, 1.54) is 25.7 Å². The van der Waals surface area contributed by atoms with Crippen molar-refractivity contribution < 1.29 is 4.42 Å². The van der Waals surface area contributed by atoms with Gasteiger partial charge in [-0.25, -0.2) is 0 Å². The molecule has 1 N–H and O–H groups in total. The highest BCUT2D eigenvalue weighted by Crippen LogP contribution is 2.29. The predicted molar refractivity (Wildman–Crippen MR) is 55.6 cm³/mol. The summed E-state index contributed by atoms with van der Waals surface area (Å²) in [5.41, 5.74) is 0. The molecule has 15 heavy (non-hydrogen) atoms. The van der Waals surface area contributed by atoms with E-state index in [2.05, 4.69) is 20.4 Å². The molecular weight excluding hydrogens is 192 g/mol. The third-order valence-electron chi connectivity index (χ3n) is 2.97. The summed E-state index contributed by atoms with van der Waals surface area (Å²) in [5.74, 6) is 0.699. The van der Waals surface area contributed by atoms with Gasteiger partial charge in [-0.2, -0.15) is 0 Å². The lowest BCUT2D eigenvalue weighted by Crippen LogP contribution is -2.19. The van der Waals surface area contributed by atoms with Gasteiger partial charge in [0.15, 0.2) is 0 Å². The van der Waals surface area contributed by atoms with E-state index in [9.17, 15) is 0 Å². The zero-order valence-electron chi connectivity index (χ0n) is 8.94. The normalized spacial score (nSPS) is 20.6. The van der Waals surface area contributed by atoms with Crippen LogP contribution in [0.4, 0.5) is 6.01 Å². The first-order chi connectivity index (χ1) is 7.33. The summed E-state index contributed by atoms with van der Waals surface area (Å²) in [5, 5.41) is 11.4. The monoisotopic (exact) mass is 208 g/mol. The van der Waals surface area contributed by atoms with Crippen LogP contribution in [0.25, 0.3) is 0 Å². The van der Waals surface area contributed by atoms with Gasteiger partial charge in [-0.05, 0) is 25.7 Å². The number of rotatable bonds is 5. The summed E-state index contributed by atoms with van der Waals surface area (Å²) >= 11 is 0. The van der Waals surface area contributed by atoms with Gasteiger partial charge in [0.05, 0.1) is 6.54 Å². The minimum absolute atomic E-state index is 0.620. The molecule has 2 aliphatic rings. The lowest BCUT2D eigenvalue weighted by atomic mass is 10.6. The van der Waals surface area contributed by atoms with Gasteiger partial charge >= 0.3 is 6.01 Å². The molecule has 0 aliphatic heterocycles. The summed E-state index contributed by atoms with van der Waals surface area (Å²) < 4.78 is 5.57. The van der Waals surface area contributed by atoms with Crippen molar-refractivity contribution in [1.82, 2.24) is 15.5 Å². The van der Waals surface area contributed by atoms with Crippen LogP contribution < -0.4 is 10.2 Å². The zero-order chi connectivity index (χ0) is 10.3. The van der Waals surface area contributed by atoms with Crippen molar-refractivity contribution in [1.29, 1.82) is 0 Å². The largest absolute Gasteiger partial charge is 0.407 e. The van der Waals surface area contributed by atoms with Crippen molar-refractivity contribution in [3.63, 3.8) is 0 Å². The number of hydrogen-bond donors (Lipinski definition) is 1. The molecule has 2 fully saturated rings. The quantitative estimate of drug-likeness (QED) is 0.779. The van der Waals surface area contributed by atoms with Gasteiger partial charge in [-0.15, -0.1) is 5.10 Å². The van der Waals surface area contributed by atoms with Crippen molar-refractivity contribution >= 4 is 6.01 Å². The fourth-order valence-electron chi connectivity index (χ4n) is 1.60. The number of nitrogens with zero attached hydrogens (tertiary/aromatic N) is 3. The SMILES string of the molecule is CN(c1nnc(CNC2CC2)o1)C1CC1. The van der Waals surface area contributed by atoms with Crippen LogP contribution in [0, 0.1) is 0 Å². The van der Waals surface area contributed by atoms with E-state index in [1.54, 1.807) is 0 Å². The Morgan fingerprint density at radius 2 is 2.13 bits per heavy atom. The third-order valence-corrected chi connectivity index (χ3v) is 2.97. The third kappa shape index (κ3) is 2.12. The van der Waals surface area contributed by atoms with E-state index >= 15 is 0 Å². The summed E-state index contributed by atoms with van der Waals surface area (Å²) in [4.78, 5) is 2.08.